The Morgan fingerprint density at radius 1 is 0.694 bits per heavy atom. The third kappa shape index (κ3) is 5.99. The van der Waals surface area contributed by atoms with E-state index in [-0.39, 0.29) is 10.8 Å². The van der Waals surface area contributed by atoms with Crippen LogP contribution in [0.2, 0.25) is 0 Å². The Morgan fingerprint density at radius 3 is 1.84 bits per heavy atom. The maximum atomic E-state index is 15.5. The Hall–Kier alpha value is -4.97. The molecule has 0 amide bonds. The van der Waals surface area contributed by atoms with E-state index >= 15 is 8.63 Å². The van der Waals surface area contributed by atoms with E-state index in [9.17, 15) is 0 Å². The first-order valence-electron chi connectivity index (χ1n) is 16.9. The molecule has 0 atom stereocenters. The van der Waals surface area contributed by atoms with Gasteiger partial charge in [-0.3, -0.25) is 8.63 Å². The van der Waals surface area contributed by atoms with E-state index < -0.39 is 7.40 Å². The quantitative estimate of drug-likeness (QED) is 0.171. The summed E-state index contributed by atoms with van der Waals surface area (Å²) in [6, 6.07) is 34.5. The van der Waals surface area contributed by atoms with Crippen molar-refractivity contribution in [1.29, 1.82) is 0 Å². The fraction of sp³-hybridized carbons (Fsp3) is 0.233. The molecule has 0 spiro atoms. The summed E-state index contributed by atoms with van der Waals surface area (Å²) < 4.78 is 37.7. The zero-order valence-corrected chi connectivity index (χ0v) is 29.2. The fourth-order valence-corrected chi connectivity index (χ4v) is 6.94. The zero-order chi connectivity index (χ0) is 34.7. The van der Waals surface area contributed by atoms with E-state index in [2.05, 4.69) is 78.0 Å². The van der Waals surface area contributed by atoms with E-state index in [1.54, 1.807) is 7.11 Å². The van der Waals surface area contributed by atoms with Gasteiger partial charge in [0.25, 0.3) is 0 Å². The summed E-state index contributed by atoms with van der Waals surface area (Å²) in [5.41, 5.74) is 12.0. The van der Waals surface area contributed by atoms with Gasteiger partial charge in [-0.2, -0.15) is 0 Å². The average molecular weight is 651 g/mol. The standard InChI is InChI=1S/C43H41BF2N2O/c1-42(2,3)32-18-12-28(13-19-32)37-26-36(27-16-22-34(49-7)23-17-27)40(47-37)39-35-11-9-8-10-30(35)24-31-25-38(48(41(31)39)44(45)46)29-14-20-33(21-15-29)43(4,5)6/h8-23,25-26H,24H2,1-7H3/b40-39-. The average Bonchev–Trinajstić information content (AvgIpc) is 3.69. The Labute approximate surface area is 288 Å². The van der Waals surface area contributed by atoms with E-state index in [0.29, 0.717) is 23.5 Å². The molecule has 246 valence electrons. The molecule has 7 rings (SSSR count). The predicted molar refractivity (Wildman–Crippen MR) is 200 cm³/mol. The van der Waals surface area contributed by atoms with Gasteiger partial charge in [-0.15, -0.1) is 0 Å². The molecule has 1 aromatic heterocycles. The van der Waals surface area contributed by atoms with E-state index in [1.165, 1.54) is 10.0 Å². The van der Waals surface area contributed by atoms with Crippen molar-refractivity contribution in [2.75, 3.05) is 7.11 Å². The van der Waals surface area contributed by atoms with Gasteiger partial charge in [-0.05, 0) is 74.0 Å². The highest BCUT2D eigenvalue weighted by atomic mass is 19.2. The van der Waals surface area contributed by atoms with Gasteiger partial charge in [0.2, 0.25) is 0 Å². The Morgan fingerprint density at radius 2 is 1.27 bits per heavy atom. The number of nitrogens with zero attached hydrogens (tertiary/aromatic N) is 2. The van der Waals surface area contributed by atoms with Crippen molar-refractivity contribution in [2.24, 2.45) is 4.99 Å². The third-order valence-electron chi connectivity index (χ3n) is 9.71. The maximum Gasteiger partial charge on any atom is 0.678 e. The predicted octanol–water partition coefficient (Wildman–Crippen LogP) is 10.8. The molecule has 0 N–H and O–H groups in total. The second-order valence-electron chi connectivity index (χ2n) is 15.0. The molecule has 49 heavy (non-hydrogen) atoms. The number of hydrogen-bond acceptors (Lipinski definition) is 2. The summed E-state index contributed by atoms with van der Waals surface area (Å²) in [6.45, 7) is 13.1. The van der Waals surface area contributed by atoms with Crippen LogP contribution in [0.4, 0.5) is 8.63 Å². The Kier molecular flexibility index (Phi) is 8.09. The van der Waals surface area contributed by atoms with Crippen LogP contribution in [0.25, 0.3) is 22.4 Å². The first-order chi connectivity index (χ1) is 23.3. The van der Waals surface area contributed by atoms with Gasteiger partial charge in [0, 0.05) is 34.5 Å². The first kappa shape index (κ1) is 32.6. The molecule has 1 aliphatic heterocycles. The number of benzene rings is 4. The van der Waals surface area contributed by atoms with Crippen LogP contribution >= 0.6 is 0 Å². The monoisotopic (exact) mass is 650 g/mol. The highest BCUT2D eigenvalue weighted by Crippen LogP contribution is 2.47. The number of fused-ring (bicyclic) bond motifs is 2. The molecule has 1 aliphatic carbocycles. The molecule has 3 nitrogen and oxygen atoms in total. The highest BCUT2D eigenvalue weighted by molar-refractivity contribution is 6.42. The van der Waals surface area contributed by atoms with Crippen LogP contribution in [-0.4, -0.2) is 24.7 Å². The lowest BCUT2D eigenvalue weighted by Gasteiger charge is -2.24. The van der Waals surface area contributed by atoms with Crippen molar-refractivity contribution in [3.05, 3.63) is 160 Å². The summed E-state index contributed by atoms with van der Waals surface area (Å²) in [7, 11) is -1.11. The van der Waals surface area contributed by atoms with Crippen LogP contribution in [0.3, 0.4) is 0 Å². The van der Waals surface area contributed by atoms with Gasteiger partial charge in [-0.25, -0.2) is 4.99 Å². The van der Waals surface area contributed by atoms with Crippen LogP contribution in [0.5, 0.6) is 5.75 Å². The van der Waals surface area contributed by atoms with Gasteiger partial charge in [0.15, 0.2) is 0 Å². The zero-order valence-electron chi connectivity index (χ0n) is 29.2. The number of hydrogen-bond donors (Lipinski definition) is 0. The molecule has 0 fully saturated rings. The summed E-state index contributed by atoms with van der Waals surface area (Å²) in [6.07, 6.45) is 2.65. The molecular formula is C43H41BF2N2O. The second-order valence-corrected chi connectivity index (χ2v) is 15.0. The molecule has 0 saturated carbocycles. The van der Waals surface area contributed by atoms with Crippen LogP contribution in [-0.2, 0) is 17.3 Å². The van der Waals surface area contributed by atoms with Crippen LogP contribution < -0.4 is 4.74 Å². The molecule has 0 unspecified atom stereocenters. The molecular weight excluding hydrogens is 609 g/mol. The van der Waals surface area contributed by atoms with Gasteiger partial charge >= 0.3 is 7.40 Å². The molecule has 0 saturated heterocycles. The van der Waals surface area contributed by atoms with E-state index in [0.717, 1.165) is 61.6 Å². The SMILES string of the molecule is COc1ccc(C2=CC(c3ccc(C(C)(C)C)cc3)=N/C2=C2/c3ccccc3Cc3cc(-c4ccc(C(C)(C)C)cc4)n(B(F)F)c32)cc1. The lowest BCUT2D eigenvalue weighted by molar-refractivity contribution is 0.415. The van der Waals surface area contributed by atoms with Crippen molar-refractivity contribution < 1.29 is 13.4 Å². The highest BCUT2D eigenvalue weighted by Gasteiger charge is 2.36. The summed E-state index contributed by atoms with van der Waals surface area (Å²) in [5.74, 6) is 0.745. The maximum absolute atomic E-state index is 15.5. The summed E-state index contributed by atoms with van der Waals surface area (Å²) in [4.78, 5) is 5.31. The smallest absolute Gasteiger partial charge is 0.497 e. The van der Waals surface area contributed by atoms with Gasteiger partial charge < -0.3 is 9.21 Å². The first-order valence-corrected chi connectivity index (χ1v) is 16.9. The molecule has 0 bridgehead atoms. The second kappa shape index (κ2) is 12.2. The number of ether oxygens (including phenoxy) is 1. The molecule has 4 aromatic carbocycles. The van der Waals surface area contributed by atoms with Gasteiger partial charge in [0.1, 0.15) is 5.75 Å². The number of aromatic nitrogens is 1. The van der Waals surface area contributed by atoms with Crippen molar-refractivity contribution in [3.63, 3.8) is 0 Å². The Balaban J connectivity index is 1.49. The van der Waals surface area contributed by atoms with Crippen molar-refractivity contribution >= 4 is 24.3 Å². The summed E-state index contributed by atoms with van der Waals surface area (Å²) >= 11 is 0. The molecule has 5 aromatic rings. The minimum absolute atomic E-state index is 0.0148. The number of rotatable bonds is 5. The molecule has 2 heterocycles. The number of aliphatic imine (C=N–C) groups is 1. The minimum Gasteiger partial charge on any atom is -0.497 e. The number of halogens is 2. The normalized spacial score (nSPS) is 15.8. The minimum atomic E-state index is -2.76. The topological polar surface area (TPSA) is 26.5 Å². The van der Waals surface area contributed by atoms with Gasteiger partial charge in [0.05, 0.1) is 18.5 Å². The largest absolute Gasteiger partial charge is 0.678 e. The van der Waals surface area contributed by atoms with Crippen LogP contribution in [0.1, 0.15) is 86.2 Å². The van der Waals surface area contributed by atoms with Crippen LogP contribution in [0, 0.1) is 0 Å². The van der Waals surface area contributed by atoms with Crippen LogP contribution in [0.15, 0.2) is 120 Å². The van der Waals surface area contributed by atoms with Crippen molar-refractivity contribution in [1.82, 2.24) is 4.48 Å². The van der Waals surface area contributed by atoms with E-state index in [1.807, 2.05) is 72.8 Å². The fourth-order valence-electron chi connectivity index (χ4n) is 6.94. The number of methoxy groups -OCH3 is 1. The lowest BCUT2D eigenvalue weighted by Crippen LogP contribution is -2.20. The third-order valence-corrected chi connectivity index (χ3v) is 9.71. The summed E-state index contributed by atoms with van der Waals surface area (Å²) in [5, 5.41) is 0. The molecule has 0 radical (unpaired) electrons. The Bertz CT molecular complexity index is 2140. The molecule has 6 heteroatoms. The van der Waals surface area contributed by atoms with Crippen molar-refractivity contribution in [2.45, 2.75) is 58.8 Å². The number of allylic oxidation sites excluding steroid dienone is 2. The van der Waals surface area contributed by atoms with Gasteiger partial charge in [-0.1, -0.05) is 126 Å². The lowest BCUT2D eigenvalue weighted by atomic mass is 9.83. The van der Waals surface area contributed by atoms with Crippen molar-refractivity contribution in [3.8, 4) is 17.0 Å². The van der Waals surface area contributed by atoms with E-state index in [4.69, 9.17) is 9.73 Å². The molecule has 2 aliphatic rings.